The van der Waals surface area contributed by atoms with Crippen LogP contribution in [0.1, 0.15) is 5.56 Å². The van der Waals surface area contributed by atoms with Crippen LogP contribution in [0.2, 0.25) is 0 Å². The first-order valence-electron chi connectivity index (χ1n) is 2.85. The van der Waals surface area contributed by atoms with Crippen molar-refractivity contribution >= 4 is 15.9 Å². The summed E-state index contributed by atoms with van der Waals surface area (Å²) in [5, 5.41) is 0. The molecule has 0 unspecified atom stereocenters. The summed E-state index contributed by atoms with van der Waals surface area (Å²) >= 11 is 2.63. The van der Waals surface area contributed by atoms with Crippen molar-refractivity contribution in [2.24, 2.45) is 0 Å². The Labute approximate surface area is 74.3 Å². The highest BCUT2D eigenvalue weighted by molar-refractivity contribution is 9.10. The van der Waals surface area contributed by atoms with E-state index in [2.05, 4.69) is 22.0 Å². The summed E-state index contributed by atoms with van der Waals surface area (Å²) in [7, 11) is 0. The molecule has 0 spiro atoms. The Balaban J connectivity index is 3.26. The Morgan fingerprint density at radius 2 is 1.83 bits per heavy atom. The average Bonchev–Trinajstić information content (AvgIpc) is 1.92. The highest BCUT2D eigenvalue weighted by atomic mass is 79.9. The summed E-state index contributed by atoms with van der Waals surface area (Å²) in [5.74, 6) is -1.30. The molecule has 0 aliphatic rings. The van der Waals surface area contributed by atoms with Crippen molar-refractivity contribution in [3.8, 4) is 0 Å². The number of halogens is 5. The van der Waals surface area contributed by atoms with Gasteiger partial charge >= 0.3 is 6.18 Å². The van der Waals surface area contributed by atoms with Crippen LogP contribution in [0.15, 0.2) is 16.6 Å². The molecular weight excluding hydrogens is 240 g/mol. The highest BCUT2D eigenvalue weighted by Crippen LogP contribution is 2.33. The van der Waals surface area contributed by atoms with Crippen LogP contribution in [-0.4, -0.2) is 0 Å². The Morgan fingerprint density at radius 1 is 1.25 bits per heavy atom. The van der Waals surface area contributed by atoms with Gasteiger partial charge in [-0.25, -0.2) is 4.39 Å². The van der Waals surface area contributed by atoms with E-state index in [1.54, 1.807) is 0 Å². The minimum absolute atomic E-state index is 0.239. The molecule has 1 rings (SSSR count). The lowest BCUT2D eigenvalue weighted by Gasteiger charge is -2.07. The maximum atomic E-state index is 12.7. The molecule has 1 radical (unpaired) electrons. The lowest BCUT2D eigenvalue weighted by Crippen LogP contribution is -2.08. The zero-order valence-corrected chi connectivity index (χ0v) is 7.13. The number of alkyl halides is 3. The van der Waals surface area contributed by atoms with Crippen molar-refractivity contribution in [2.75, 3.05) is 0 Å². The van der Waals surface area contributed by atoms with E-state index in [9.17, 15) is 17.6 Å². The summed E-state index contributed by atoms with van der Waals surface area (Å²) in [6.07, 6.45) is -4.66. The molecule has 0 bridgehead atoms. The van der Waals surface area contributed by atoms with Gasteiger partial charge in [-0.1, -0.05) is 0 Å². The van der Waals surface area contributed by atoms with Gasteiger partial charge in [0.05, 0.1) is 10.0 Å². The molecule has 0 saturated carbocycles. The Kier molecular flexibility index (Phi) is 2.41. The van der Waals surface area contributed by atoms with Gasteiger partial charge in [0.15, 0.2) is 0 Å². The van der Waals surface area contributed by atoms with Gasteiger partial charge in [0, 0.05) is 0 Å². The lowest BCUT2D eigenvalue weighted by molar-refractivity contribution is -0.140. The summed E-state index contributed by atoms with van der Waals surface area (Å²) < 4.78 is 48.3. The molecule has 0 fully saturated rings. The van der Waals surface area contributed by atoms with Gasteiger partial charge in [-0.3, -0.25) is 0 Å². The van der Waals surface area contributed by atoms with Crippen molar-refractivity contribution in [1.82, 2.24) is 0 Å². The van der Waals surface area contributed by atoms with E-state index in [1.165, 1.54) is 0 Å². The van der Waals surface area contributed by atoms with Crippen LogP contribution in [-0.2, 0) is 6.18 Å². The molecule has 65 valence electrons. The zero-order valence-electron chi connectivity index (χ0n) is 5.54. The minimum Gasteiger partial charge on any atom is -0.205 e. The Bertz CT molecular complexity index is 292. The summed E-state index contributed by atoms with van der Waals surface area (Å²) in [6, 6.07) is 3.83. The van der Waals surface area contributed by atoms with E-state index in [0.29, 0.717) is 6.07 Å². The van der Waals surface area contributed by atoms with Crippen LogP contribution in [0.5, 0.6) is 0 Å². The molecule has 1 aromatic carbocycles. The standard InChI is InChI=1S/C7H2BrF4/c8-5-3-1-2-4(6(5)9)7(10,11)12/h2-3H. The summed E-state index contributed by atoms with van der Waals surface area (Å²) in [4.78, 5) is 0. The topological polar surface area (TPSA) is 0 Å². The van der Waals surface area contributed by atoms with Crippen LogP contribution in [0.3, 0.4) is 0 Å². The van der Waals surface area contributed by atoms with Crippen LogP contribution in [0.4, 0.5) is 17.6 Å². The zero-order chi connectivity index (χ0) is 9.35. The van der Waals surface area contributed by atoms with Crippen molar-refractivity contribution in [3.63, 3.8) is 0 Å². The molecule has 0 aromatic heterocycles. The van der Waals surface area contributed by atoms with Gasteiger partial charge < -0.3 is 0 Å². The van der Waals surface area contributed by atoms with Crippen LogP contribution in [0, 0.1) is 11.9 Å². The minimum atomic E-state index is -4.66. The fraction of sp³-hybridized carbons (Fsp3) is 0.143. The predicted octanol–water partition coefficient (Wildman–Crippen LogP) is 3.41. The maximum Gasteiger partial charge on any atom is 0.419 e. The fourth-order valence-electron chi connectivity index (χ4n) is 0.660. The van der Waals surface area contributed by atoms with Crippen molar-refractivity contribution < 1.29 is 17.6 Å². The second-order valence-electron chi connectivity index (χ2n) is 2.03. The number of rotatable bonds is 0. The summed E-state index contributed by atoms with van der Waals surface area (Å²) in [5.41, 5.74) is -1.31. The van der Waals surface area contributed by atoms with Crippen molar-refractivity contribution in [2.45, 2.75) is 6.18 Å². The molecule has 0 amide bonds. The van der Waals surface area contributed by atoms with Crippen molar-refractivity contribution in [1.29, 1.82) is 0 Å². The quantitative estimate of drug-likeness (QED) is 0.611. The van der Waals surface area contributed by atoms with Gasteiger partial charge in [0.1, 0.15) is 5.82 Å². The van der Waals surface area contributed by atoms with Gasteiger partial charge in [0.25, 0.3) is 0 Å². The molecule has 1 aromatic rings. The van der Waals surface area contributed by atoms with Gasteiger partial charge in [-0.15, -0.1) is 0 Å². The molecule has 5 heteroatoms. The second kappa shape index (κ2) is 3.05. The predicted molar refractivity (Wildman–Crippen MR) is 37.9 cm³/mol. The van der Waals surface area contributed by atoms with E-state index >= 15 is 0 Å². The molecule has 0 aliphatic carbocycles. The van der Waals surface area contributed by atoms with Gasteiger partial charge in [-0.05, 0) is 34.1 Å². The van der Waals surface area contributed by atoms with Gasteiger partial charge in [-0.2, -0.15) is 13.2 Å². The van der Waals surface area contributed by atoms with Crippen LogP contribution >= 0.6 is 15.9 Å². The van der Waals surface area contributed by atoms with E-state index in [-0.39, 0.29) is 4.47 Å². The molecule has 0 heterocycles. The Hall–Kier alpha value is -0.580. The number of benzene rings is 1. The van der Waals surface area contributed by atoms with E-state index in [0.717, 1.165) is 6.07 Å². The molecule has 0 atom stereocenters. The molecule has 0 saturated heterocycles. The monoisotopic (exact) mass is 241 g/mol. The summed E-state index contributed by atoms with van der Waals surface area (Å²) in [6.45, 7) is 0. The van der Waals surface area contributed by atoms with E-state index in [4.69, 9.17) is 0 Å². The maximum absolute atomic E-state index is 12.7. The molecule has 0 aliphatic heterocycles. The second-order valence-corrected chi connectivity index (χ2v) is 2.88. The Morgan fingerprint density at radius 3 is 2.25 bits per heavy atom. The van der Waals surface area contributed by atoms with E-state index in [1.807, 2.05) is 0 Å². The molecule has 0 N–H and O–H groups in total. The normalized spacial score (nSPS) is 11.8. The SMILES string of the molecule is Fc1c(Br)c[c]cc1C(F)(F)F. The third kappa shape index (κ3) is 1.77. The van der Waals surface area contributed by atoms with E-state index < -0.39 is 17.6 Å². The molecule has 12 heavy (non-hydrogen) atoms. The first-order valence-corrected chi connectivity index (χ1v) is 3.64. The highest BCUT2D eigenvalue weighted by Gasteiger charge is 2.34. The smallest absolute Gasteiger partial charge is 0.205 e. The molecule has 0 nitrogen and oxygen atoms in total. The third-order valence-corrected chi connectivity index (χ3v) is 1.77. The average molecular weight is 242 g/mol. The van der Waals surface area contributed by atoms with Gasteiger partial charge in [0.2, 0.25) is 0 Å². The first-order chi connectivity index (χ1) is 5.43. The largest absolute Gasteiger partial charge is 0.419 e. The fourth-order valence-corrected chi connectivity index (χ4v) is 1.01. The number of hydrogen-bond acceptors (Lipinski definition) is 0. The molecular formula is C7H2BrF4. The first kappa shape index (κ1) is 9.51. The lowest BCUT2D eigenvalue weighted by atomic mass is 10.2. The van der Waals surface area contributed by atoms with Crippen LogP contribution < -0.4 is 0 Å². The van der Waals surface area contributed by atoms with Crippen molar-refractivity contribution in [3.05, 3.63) is 34.1 Å². The third-order valence-electron chi connectivity index (χ3n) is 1.19. The number of hydrogen-bond donors (Lipinski definition) is 0. The van der Waals surface area contributed by atoms with Crippen LogP contribution in [0.25, 0.3) is 0 Å².